The first-order chi connectivity index (χ1) is 12.7. The minimum Gasteiger partial charge on any atom is -0.493 e. The van der Waals surface area contributed by atoms with E-state index in [9.17, 15) is 4.79 Å². The van der Waals surface area contributed by atoms with E-state index in [1.165, 1.54) is 18.4 Å². The first-order valence-corrected chi connectivity index (χ1v) is 9.35. The van der Waals surface area contributed by atoms with Crippen LogP contribution in [0.2, 0.25) is 0 Å². The van der Waals surface area contributed by atoms with Gasteiger partial charge in [-0.3, -0.25) is 4.79 Å². The minimum atomic E-state index is -0.0986. The van der Waals surface area contributed by atoms with Crippen LogP contribution in [0, 0.1) is 0 Å². The number of carbonyl (C=O) groups excluding carboxylic acids is 1. The monoisotopic (exact) mass is 353 g/mol. The number of amides is 1. The average molecular weight is 353 g/mol. The Balaban J connectivity index is 1.61. The summed E-state index contributed by atoms with van der Waals surface area (Å²) in [5, 5.41) is 3.01. The van der Waals surface area contributed by atoms with Gasteiger partial charge in [0.25, 0.3) is 5.91 Å². The van der Waals surface area contributed by atoms with Crippen molar-refractivity contribution in [3.63, 3.8) is 0 Å². The molecule has 1 fully saturated rings. The first kappa shape index (κ1) is 18.3. The van der Waals surface area contributed by atoms with E-state index in [0.717, 1.165) is 12.8 Å². The van der Waals surface area contributed by atoms with Gasteiger partial charge in [0.15, 0.2) is 11.5 Å². The SMILES string of the molecule is COc1cc(C(=O)NCC(C)c2ccccc2)ccc1OC1CCCC1. The topological polar surface area (TPSA) is 47.6 Å². The molecule has 26 heavy (non-hydrogen) atoms. The molecule has 1 atom stereocenters. The minimum absolute atomic E-state index is 0.0986. The van der Waals surface area contributed by atoms with Crippen LogP contribution in [0.1, 0.15) is 54.4 Å². The van der Waals surface area contributed by atoms with Crippen molar-refractivity contribution in [2.45, 2.75) is 44.6 Å². The van der Waals surface area contributed by atoms with E-state index in [1.807, 2.05) is 24.3 Å². The van der Waals surface area contributed by atoms with Crippen LogP contribution in [0.5, 0.6) is 11.5 Å². The lowest BCUT2D eigenvalue weighted by atomic mass is 10.0. The zero-order valence-electron chi connectivity index (χ0n) is 15.5. The summed E-state index contributed by atoms with van der Waals surface area (Å²) in [6, 6.07) is 15.6. The van der Waals surface area contributed by atoms with E-state index < -0.39 is 0 Å². The summed E-state index contributed by atoms with van der Waals surface area (Å²) in [7, 11) is 1.61. The number of nitrogens with one attached hydrogen (secondary N) is 1. The van der Waals surface area contributed by atoms with Crippen molar-refractivity contribution in [3.8, 4) is 11.5 Å². The molecule has 1 saturated carbocycles. The summed E-state index contributed by atoms with van der Waals surface area (Å²) in [4.78, 5) is 12.5. The van der Waals surface area contributed by atoms with Crippen LogP contribution in [-0.2, 0) is 0 Å². The van der Waals surface area contributed by atoms with E-state index in [0.29, 0.717) is 23.6 Å². The number of methoxy groups -OCH3 is 1. The van der Waals surface area contributed by atoms with Gasteiger partial charge in [-0.05, 0) is 55.4 Å². The number of hydrogen-bond acceptors (Lipinski definition) is 3. The van der Waals surface area contributed by atoms with Crippen molar-refractivity contribution >= 4 is 5.91 Å². The molecular formula is C22H27NO3. The fourth-order valence-electron chi connectivity index (χ4n) is 3.34. The highest BCUT2D eigenvalue weighted by Gasteiger charge is 2.19. The van der Waals surface area contributed by atoms with Gasteiger partial charge in [0, 0.05) is 12.1 Å². The van der Waals surface area contributed by atoms with E-state index >= 15 is 0 Å². The Labute approximate surface area is 155 Å². The standard InChI is InChI=1S/C22H27NO3/c1-16(17-8-4-3-5-9-17)15-23-22(24)18-12-13-20(21(14-18)25-2)26-19-10-6-7-11-19/h3-5,8-9,12-14,16,19H,6-7,10-11,15H2,1-2H3,(H,23,24). The van der Waals surface area contributed by atoms with E-state index in [1.54, 1.807) is 19.2 Å². The summed E-state index contributed by atoms with van der Waals surface area (Å²) in [5.41, 5.74) is 1.80. The smallest absolute Gasteiger partial charge is 0.251 e. The van der Waals surface area contributed by atoms with Crippen LogP contribution in [0.25, 0.3) is 0 Å². The number of hydrogen-bond donors (Lipinski definition) is 1. The van der Waals surface area contributed by atoms with Gasteiger partial charge in [0.05, 0.1) is 13.2 Å². The molecule has 0 aliphatic heterocycles. The molecule has 1 unspecified atom stereocenters. The zero-order chi connectivity index (χ0) is 18.4. The average Bonchev–Trinajstić information content (AvgIpc) is 3.20. The van der Waals surface area contributed by atoms with Crippen LogP contribution >= 0.6 is 0 Å². The van der Waals surface area contributed by atoms with Gasteiger partial charge in [-0.1, -0.05) is 37.3 Å². The fraction of sp³-hybridized carbons (Fsp3) is 0.409. The second-order valence-corrected chi connectivity index (χ2v) is 6.91. The van der Waals surface area contributed by atoms with Crippen molar-refractivity contribution < 1.29 is 14.3 Å². The Morgan fingerprint density at radius 3 is 2.54 bits per heavy atom. The number of ether oxygens (including phenoxy) is 2. The molecule has 2 aromatic carbocycles. The Hall–Kier alpha value is -2.49. The normalized spacial score (nSPS) is 15.5. The van der Waals surface area contributed by atoms with Gasteiger partial charge in [-0.25, -0.2) is 0 Å². The molecule has 0 spiro atoms. The molecule has 0 aromatic heterocycles. The van der Waals surface area contributed by atoms with Gasteiger partial charge < -0.3 is 14.8 Å². The number of rotatable bonds is 7. The summed E-state index contributed by atoms with van der Waals surface area (Å²) in [6.07, 6.45) is 4.86. The molecule has 138 valence electrons. The molecule has 1 aliphatic rings. The van der Waals surface area contributed by atoms with Crippen molar-refractivity contribution in [2.24, 2.45) is 0 Å². The molecule has 0 heterocycles. The van der Waals surface area contributed by atoms with Crippen LogP contribution in [0.4, 0.5) is 0 Å². The highest BCUT2D eigenvalue weighted by molar-refractivity contribution is 5.94. The third-order valence-corrected chi connectivity index (χ3v) is 4.96. The van der Waals surface area contributed by atoms with Gasteiger partial charge >= 0.3 is 0 Å². The van der Waals surface area contributed by atoms with Crippen LogP contribution in [-0.4, -0.2) is 25.7 Å². The largest absolute Gasteiger partial charge is 0.493 e. The maximum absolute atomic E-state index is 12.5. The lowest BCUT2D eigenvalue weighted by Gasteiger charge is -2.17. The van der Waals surface area contributed by atoms with E-state index in [-0.39, 0.29) is 17.9 Å². The van der Waals surface area contributed by atoms with E-state index in [4.69, 9.17) is 9.47 Å². The van der Waals surface area contributed by atoms with Gasteiger partial charge in [-0.2, -0.15) is 0 Å². The third-order valence-electron chi connectivity index (χ3n) is 4.96. The fourth-order valence-corrected chi connectivity index (χ4v) is 3.34. The predicted molar refractivity (Wildman–Crippen MR) is 103 cm³/mol. The van der Waals surface area contributed by atoms with Crippen LogP contribution < -0.4 is 14.8 Å². The highest BCUT2D eigenvalue weighted by Crippen LogP contribution is 2.32. The maximum Gasteiger partial charge on any atom is 0.251 e. The second kappa shape index (κ2) is 8.75. The molecule has 1 amide bonds. The summed E-state index contributed by atoms with van der Waals surface area (Å²) >= 11 is 0. The molecule has 1 aliphatic carbocycles. The molecule has 0 radical (unpaired) electrons. The predicted octanol–water partition coefficient (Wildman–Crippen LogP) is 4.55. The molecule has 2 aromatic rings. The van der Waals surface area contributed by atoms with Gasteiger partial charge in [0.1, 0.15) is 0 Å². The Morgan fingerprint density at radius 1 is 1.12 bits per heavy atom. The van der Waals surface area contributed by atoms with Crippen LogP contribution in [0.3, 0.4) is 0 Å². The van der Waals surface area contributed by atoms with Crippen molar-refractivity contribution in [1.29, 1.82) is 0 Å². The molecule has 4 nitrogen and oxygen atoms in total. The van der Waals surface area contributed by atoms with Gasteiger partial charge in [0.2, 0.25) is 0 Å². The summed E-state index contributed by atoms with van der Waals surface area (Å²) in [5.74, 6) is 1.49. The van der Waals surface area contributed by atoms with Gasteiger partial charge in [-0.15, -0.1) is 0 Å². The lowest BCUT2D eigenvalue weighted by molar-refractivity contribution is 0.0951. The molecule has 1 N–H and O–H groups in total. The molecule has 0 saturated heterocycles. The van der Waals surface area contributed by atoms with Crippen molar-refractivity contribution in [1.82, 2.24) is 5.32 Å². The Morgan fingerprint density at radius 2 is 1.85 bits per heavy atom. The van der Waals surface area contributed by atoms with Crippen molar-refractivity contribution in [3.05, 3.63) is 59.7 Å². The summed E-state index contributed by atoms with van der Waals surface area (Å²) in [6.45, 7) is 2.69. The third kappa shape index (κ3) is 4.57. The lowest BCUT2D eigenvalue weighted by Crippen LogP contribution is -2.27. The number of carbonyl (C=O) groups is 1. The Bertz CT molecular complexity index is 723. The zero-order valence-corrected chi connectivity index (χ0v) is 15.5. The first-order valence-electron chi connectivity index (χ1n) is 9.35. The molecule has 4 heteroatoms. The number of benzene rings is 2. The summed E-state index contributed by atoms with van der Waals surface area (Å²) < 4.78 is 11.5. The molecular weight excluding hydrogens is 326 g/mol. The molecule has 0 bridgehead atoms. The maximum atomic E-state index is 12.5. The van der Waals surface area contributed by atoms with Crippen molar-refractivity contribution in [2.75, 3.05) is 13.7 Å². The highest BCUT2D eigenvalue weighted by atomic mass is 16.5. The second-order valence-electron chi connectivity index (χ2n) is 6.91. The quantitative estimate of drug-likeness (QED) is 0.794. The molecule has 3 rings (SSSR count). The Kier molecular flexibility index (Phi) is 6.16. The van der Waals surface area contributed by atoms with E-state index in [2.05, 4.69) is 24.4 Å². The van der Waals surface area contributed by atoms with Crippen LogP contribution in [0.15, 0.2) is 48.5 Å².